The molecule has 0 saturated carbocycles. The molecule has 1 aromatic heterocycles. The highest BCUT2D eigenvalue weighted by Gasteiger charge is 2.07. The van der Waals surface area contributed by atoms with Crippen molar-refractivity contribution < 1.29 is 4.39 Å². The second-order valence-corrected chi connectivity index (χ2v) is 3.62. The van der Waals surface area contributed by atoms with Gasteiger partial charge in [-0.05, 0) is 19.1 Å². The van der Waals surface area contributed by atoms with Crippen molar-refractivity contribution in [1.82, 2.24) is 9.78 Å². The summed E-state index contributed by atoms with van der Waals surface area (Å²) in [6.45, 7) is 1.77. The monoisotopic (exact) mass is 225 g/mol. The van der Waals surface area contributed by atoms with Crippen molar-refractivity contribution in [2.24, 2.45) is 0 Å². The molecule has 15 heavy (non-hydrogen) atoms. The van der Waals surface area contributed by atoms with Crippen molar-refractivity contribution >= 4 is 17.3 Å². The van der Waals surface area contributed by atoms with Crippen LogP contribution in [0.4, 0.5) is 10.1 Å². The molecule has 5 heteroatoms. The molecule has 78 valence electrons. The van der Waals surface area contributed by atoms with Gasteiger partial charge in [-0.15, -0.1) is 0 Å². The number of hydrogen-bond acceptors (Lipinski definition) is 2. The Kier molecular flexibility index (Phi) is 2.36. The molecule has 3 nitrogen and oxygen atoms in total. The van der Waals surface area contributed by atoms with E-state index in [1.807, 2.05) is 0 Å². The van der Waals surface area contributed by atoms with E-state index in [-0.39, 0.29) is 5.82 Å². The Balaban J connectivity index is 2.58. The maximum atomic E-state index is 13.0. The third kappa shape index (κ3) is 1.80. The average molecular weight is 226 g/mol. The highest BCUT2D eigenvalue weighted by atomic mass is 35.5. The molecule has 2 N–H and O–H groups in total. The molecule has 0 aliphatic carbocycles. The summed E-state index contributed by atoms with van der Waals surface area (Å²) in [6, 6.07) is 4.12. The summed E-state index contributed by atoms with van der Waals surface area (Å²) in [6.07, 6.45) is 1.60. The van der Waals surface area contributed by atoms with Crippen LogP contribution < -0.4 is 5.73 Å². The Morgan fingerprint density at radius 3 is 2.80 bits per heavy atom. The van der Waals surface area contributed by atoms with Crippen LogP contribution in [0.3, 0.4) is 0 Å². The molecule has 0 fully saturated rings. The summed E-state index contributed by atoms with van der Waals surface area (Å²) in [5.41, 5.74) is 7.34. The topological polar surface area (TPSA) is 43.8 Å². The van der Waals surface area contributed by atoms with Crippen molar-refractivity contribution in [2.45, 2.75) is 6.92 Å². The first-order chi connectivity index (χ1) is 7.08. The normalized spacial score (nSPS) is 10.6. The number of rotatable bonds is 1. The minimum absolute atomic E-state index is 0.358. The van der Waals surface area contributed by atoms with Gasteiger partial charge in [0, 0.05) is 12.3 Å². The van der Waals surface area contributed by atoms with Gasteiger partial charge in [0.2, 0.25) is 0 Å². The second kappa shape index (κ2) is 3.55. The van der Waals surface area contributed by atoms with Crippen LogP contribution in [0.5, 0.6) is 0 Å². The molecule has 0 amide bonds. The van der Waals surface area contributed by atoms with E-state index in [0.717, 1.165) is 0 Å². The zero-order valence-electron chi connectivity index (χ0n) is 8.04. The molecule has 0 bridgehead atoms. The molecular weight excluding hydrogens is 217 g/mol. The molecule has 2 rings (SSSR count). The van der Waals surface area contributed by atoms with Crippen LogP contribution in [-0.4, -0.2) is 9.78 Å². The van der Waals surface area contributed by atoms with Crippen molar-refractivity contribution in [2.75, 3.05) is 5.73 Å². The standard InChI is InChI=1S/C10H9ClFN3/c1-6-8(11)5-15(14-6)10-4-7(12)2-3-9(10)13/h2-5H,13H2,1H3. The molecule has 0 unspecified atom stereocenters. The fourth-order valence-electron chi connectivity index (χ4n) is 1.28. The zero-order valence-corrected chi connectivity index (χ0v) is 8.79. The quantitative estimate of drug-likeness (QED) is 0.758. The first-order valence-electron chi connectivity index (χ1n) is 4.35. The van der Waals surface area contributed by atoms with Crippen LogP contribution in [0.15, 0.2) is 24.4 Å². The minimum atomic E-state index is -0.358. The Bertz CT molecular complexity index is 488. The van der Waals surface area contributed by atoms with Crippen LogP contribution >= 0.6 is 11.6 Å². The molecule has 1 heterocycles. The van der Waals surface area contributed by atoms with Crippen LogP contribution in [0.2, 0.25) is 5.02 Å². The predicted molar refractivity (Wildman–Crippen MR) is 57.7 cm³/mol. The van der Waals surface area contributed by atoms with Gasteiger partial charge in [-0.2, -0.15) is 5.10 Å². The third-order valence-corrected chi connectivity index (χ3v) is 2.45. The van der Waals surface area contributed by atoms with E-state index in [2.05, 4.69) is 5.10 Å². The van der Waals surface area contributed by atoms with Crippen LogP contribution in [0.1, 0.15) is 5.69 Å². The lowest BCUT2D eigenvalue weighted by Crippen LogP contribution is -2.01. The Hall–Kier alpha value is -1.55. The Morgan fingerprint density at radius 2 is 2.20 bits per heavy atom. The predicted octanol–water partition coefficient (Wildman–Crippen LogP) is 2.56. The Labute approximate surface area is 91.3 Å². The molecule has 0 saturated heterocycles. The largest absolute Gasteiger partial charge is 0.397 e. The van der Waals surface area contributed by atoms with Crippen molar-refractivity contribution in [1.29, 1.82) is 0 Å². The van der Waals surface area contributed by atoms with Crippen molar-refractivity contribution in [3.63, 3.8) is 0 Å². The summed E-state index contributed by atoms with van der Waals surface area (Å²) in [7, 11) is 0. The fraction of sp³-hybridized carbons (Fsp3) is 0.100. The molecule has 0 aliphatic rings. The number of aromatic nitrogens is 2. The van der Waals surface area contributed by atoms with Crippen LogP contribution in [-0.2, 0) is 0 Å². The maximum Gasteiger partial charge on any atom is 0.125 e. The molecule has 1 aromatic carbocycles. The SMILES string of the molecule is Cc1nn(-c2cc(F)ccc2N)cc1Cl. The number of nitrogens with two attached hydrogens (primary N) is 1. The summed E-state index contributed by atoms with van der Waals surface area (Å²) in [4.78, 5) is 0. The van der Waals surface area contributed by atoms with Gasteiger partial charge in [-0.1, -0.05) is 11.6 Å². The third-order valence-electron chi connectivity index (χ3n) is 2.08. The zero-order chi connectivity index (χ0) is 11.0. The summed E-state index contributed by atoms with van der Waals surface area (Å²) in [5, 5.41) is 4.65. The number of aryl methyl sites for hydroxylation is 1. The van der Waals surface area contributed by atoms with E-state index < -0.39 is 0 Å². The van der Waals surface area contributed by atoms with Gasteiger partial charge >= 0.3 is 0 Å². The van der Waals surface area contributed by atoms with Gasteiger partial charge in [0.25, 0.3) is 0 Å². The van der Waals surface area contributed by atoms with Gasteiger partial charge in [-0.3, -0.25) is 0 Å². The highest BCUT2D eigenvalue weighted by molar-refractivity contribution is 6.31. The smallest absolute Gasteiger partial charge is 0.125 e. The molecule has 0 aliphatic heterocycles. The first-order valence-corrected chi connectivity index (χ1v) is 4.73. The molecule has 0 atom stereocenters. The van der Waals surface area contributed by atoms with Crippen molar-refractivity contribution in [3.8, 4) is 5.69 Å². The van der Waals surface area contributed by atoms with Gasteiger partial charge < -0.3 is 5.73 Å². The fourth-order valence-corrected chi connectivity index (χ4v) is 1.41. The number of nitrogen functional groups attached to an aromatic ring is 1. The van der Waals surface area contributed by atoms with Gasteiger partial charge in [0.05, 0.1) is 22.1 Å². The summed E-state index contributed by atoms with van der Waals surface area (Å²) < 4.78 is 14.5. The number of hydrogen-bond donors (Lipinski definition) is 1. The lowest BCUT2D eigenvalue weighted by Gasteiger charge is -2.04. The lowest BCUT2D eigenvalue weighted by atomic mass is 10.2. The van der Waals surface area contributed by atoms with E-state index >= 15 is 0 Å². The van der Waals surface area contributed by atoms with E-state index in [1.165, 1.54) is 22.9 Å². The van der Waals surface area contributed by atoms with E-state index in [4.69, 9.17) is 17.3 Å². The number of anilines is 1. The van der Waals surface area contributed by atoms with E-state index in [0.29, 0.717) is 22.1 Å². The van der Waals surface area contributed by atoms with E-state index in [1.54, 1.807) is 13.1 Å². The number of halogens is 2. The number of nitrogens with zero attached hydrogens (tertiary/aromatic N) is 2. The summed E-state index contributed by atoms with van der Waals surface area (Å²) >= 11 is 5.85. The molecular formula is C10H9ClFN3. The van der Waals surface area contributed by atoms with Gasteiger partial charge in [0.15, 0.2) is 0 Å². The second-order valence-electron chi connectivity index (χ2n) is 3.21. The minimum Gasteiger partial charge on any atom is -0.397 e. The lowest BCUT2D eigenvalue weighted by molar-refractivity contribution is 0.625. The van der Waals surface area contributed by atoms with Gasteiger partial charge in [0.1, 0.15) is 5.82 Å². The molecule has 2 aromatic rings. The van der Waals surface area contributed by atoms with Crippen LogP contribution in [0, 0.1) is 12.7 Å². The molecule has 0 spiro atoms. The summed E-state index contributed by atoms with van der Waals surface area (Å²) in [5.74, 6) is -0.358. The molecule has 0 radical (unpaired) electrons. The maximum absolute atomic E-state index is 13.0. The first kappa shape index (κ1) is 9.98. The average Bonchev–Trinajstić information content (AvgIpc) is 2.51. The van der Waals surface area contributed by atoms with Crippen LogP contribution in [0.25, 0.3) is 5.69 Å². The van der Waals surface area contributed by atoms with Gasteiger partial charge in [-0.25, -0.2) is 9.07 Å². The number of benzene rings is 1. The highest BCUT2D eigenvalue weighted by Crippen LogP contribution is 2.21. The van der Waals surface area contributed by atoms with Crippen molar-refractivity contribution in [3.05, 3.63) is 40.9 Å². The van der Waals surface area contributed by atoms with E-state index in [9.17, 15) is 4.39 Å². The Morgan fingerprint density at radius 1 is 1.47 bits per heavy atom.